The van der Waals surface area contributed by atoms with Crippen LogP contribution in [0.4, 0.5) is 18.9 Å². The summed E-state index contributed by atoms with van der Waals surface area (Å²) in [4.78, 5) is 26.2. The van der Waals surface area contributed by atoms with Gasteiger partial charge in [-0.15, -0.1) is 12.4 Å². The summed E-state index contributed by atoms with van der Waals surface area (Å²) < 4.78 is 40.3. The Labute approximate surface area is 171 Å². The van der Waals surface area contributed by atoms with Gasteiger partial charge >= 0.3 is 6.18 Å². The highest BCUT2D eigenvalue weighted by Gasteiger charge is 2.35. The average Bonchev–Trinajstić information content (AvgIpc) is 3.20. The number of rotatable bonds is 5. The van der Waals surface area contributed by atoms with Gasteiger partial charge in [0.05, 0.1) is 17.8 Å². The predicted molar refractivity (Wildman–Crippen MR) is 103 cm³/mol. The van der Waals surface area contributed by atoms with Gasteiger partial charge in [-0.1, -0.05) is 6.07 Å². The molecule has 29 heavy (non-hydrogen) atoms. The molecular formula is C18H21ClF3N5O2. The number of aryl methyl sites for hydroxylation is 1. The van der Waals surface area contributed by atoms with Crippen LogP contribution >= 0.6 is 12.4 Å². The van der Waals surface area contributed by atoms with Crippen molar-refractivity contribution >= 4 is 29.9 Å². The van der Waals surface area contributed by atoms with Crippen molar-refractivity contribution in [1.82, 2.24) is 20.4 Å². The van der Waals surface area contributed by atoms with E-state index >= 15 is 0 Å². The van der Waals surface area contributed by atoms with Gasteiger partial charge in [-0.05, 0) is 25.2 Å². The van der Waals surface area contributed by atoms with E-state index in [4.69, 9.17) is 0 Å². The predicted octanol–water partition coefficient (Wildman–Crippen LogP) is 2.04. The van der Waals surface area contributed by atoms with Crippen LogP contribution in [0.5, 0.6) is 0 Å². The number of aromatic nitrogens is 2. The summed E-state index contributed by atoms with van der Waals surface area (Å²) in [7, 11) is 3.36. The Bertz CT molecular complexity index is 886. The number of likely N-dealkylation sites (N-methyl/N-ethyl adjacent to an activating group) is 1. The first kappa shape index (κ1) is 22.7. The Hall–Kier alpha value is -2.59. The van der Waals surface area contributed by atoms with E-state index in [2.05, 4.69) is 15.7 Å². The lowest BCUT2D eigenvalue weighted by Gasteiger charge is -2.20. The van der Waals surface area contributed by atoms with E-state index in [1.807, 2.05) is 0 Å². The van der Waals surface area contributed by atoms with Crippen molar-refractivity contribution in [3.8, 4) is 0 Å². The summed E-state index contributed by atoms with van der Waals surface area (Å²) in [5.41, 5.74) is 0.00710. The number of carbonyl (C=O) groups excluding carboxylic acids is 2. The highest BCUT2D eigenvalue weighted by molar-refractivity contribution is 5.97. The standard InChI is InChI=1S/C18H20F3N5O2.ClH/c1-22-16(11-8-23-25(2)9-11)17(28)24-13-7-15(27)26(10-13)14-5-3-4-12(6-14)18(19,20)21;/h3-6,8-9,13,16,22H,7,10H2,1-2H3,(H,24,28);1H. The third kappa shape index (κ3) is 5.07. The van der Waals surface area contributed by atoms with E-state index in [1.165, 1.54) is 17.0 Å². The van der Waals surface area contributed by atoms with Crippen LogP contribution in [0.2, 0.25) is 0 Å². The maximum absolute atomic E-state index is 12.9. The van der Waals surface area contributed by atoms with Gasteiger partial charge in [0.1, 0.15) is 6.04 Å². The molecule has 7 nitrogen and oxygen atoms in total. The van der Waals surface area contributed by atoms with Gasteiger partial charge in [-0.3, -0.25) is 14.3 Å². The van der Waals surface area contributed by atoms with Gasteiger partial charge < -0.3 is 15.5 Å². The lowest BCUT2D eigenvalue weighted by atomic mass is 10.1. The molecule has 1 aliphatic rings. The zero-order chi connectivity index (χ0) is 20.5. The monoisotopic (exact) mass is 431 g/mol. The number of nitrogens with one attached hydrogen (secondary N) is 2. The first-order valence-electron chi connectivity index (χ1n) is 8.63. The molecule has 1 saturated heterocycles. The SMILES string of the molecule is CNC(C(=O)NC1CC(=O)N(c2cccc(C(F)(F)F)c2)C1)c1cnn(C)c1.Cl. The Balaban J connectivity index is 0.00000300. The van der Waals surface area contributed by atoms with Crippen LogP contribution in [-0.2, 0) is 22.8 Å². The number of nitrogens with zero attached hydrogens (tertiary/aromatic N) is 3. The third-order valence-electron chi connectivity index (χ3n) is 4.57. The summed E-state index contributed by atoms with van der Waals surface area (Å²) in [6.07, 6.45) is -1.20. The molecule has 1 aliphatic heterocycles. The Morgan fingerprint density at radius 2 is 2.07 bits per heavy atom. The lowest BCUT2D eigenvalue weighted by molar-refractivity contribution is -0.137. The quantitative estimate of drug-likeness (QED) is 0.759. The molecule has 0 bridgehead atoms. The molecule has 1 aromatic heterocycles. The van der Waals surface area contributed by atoms with Crippen molar-refractivity contribution in [2.45, 2.75) is 24.7 Å². The minimum atomic E-state index is -4.49. The summed E-state index contributed by atoms with van der Waals surface area (Å²) in [5.74, 6) is -0.675. The Morgan fingerprint density at radius 3 is 2.66 bits per heavy atom. The topological polar surface area (TPSA) is 79.3 Å². The molecule has 2 aromatic rings. The van der Waals surface area contributed by atoms with E-state index in [1.54, 1.807) is 31.2 Å². The van der Waals surface area contributed by atoms with Crippen LogP contribution in [0.15, 0.2) is 36.7 Å². The van der Waals surface area contributed by atoms with Crippen molar-refractivity contribution in [2.75, 3.05) is 18.5 Å². The number of hydrogen-bond donors (Lipinski definition) is 2. The second kappa shape index (κ2) is 8.83. The fourth-order valence-electron chi connectivity index (χ4n) is 3.23. The highest BCUT2D eigenvalue weighted by Crippen LogP contribution is 2.32. The van der Waals surface area contributed by atoms with Gasteiger partial charge in [0.2, 0.25) is 11.8 Å². The molecule has 2 heterocycles. The van der Waals surface area contributed by atoms with E-state index < -0.39 is 23.8 Å². The van der Waals surface area contributed by atoms with E-state index in [9.17, 15) is 22.8 Å². The molecule has 2 unspecified atom stereocenters. The lowest BCUT2D eigenvalue weighted by Crippen LogP contribution is -2.43. The molecule has 1 fully saturated rings. The van der Waals surface area contributed by atoms with Gasteiger partial charge in [-0.2, -0.15) is 18.3 Å². The molecule has 2 N–H and O–H groups in total. The summed E-state index contributed by atoms with van der Waals surface area (Å²) in [5, 5.41) is 9.72. The van der Waals surface area contributed by atoms with Gasteiger partial charge in [-0.25, -0.2) is 0 Å². The van der Waals surface area contributed by atoms with Crippen LogP contribution in [0, 0.1) is 0 Å². The van der Waals surface area contributed by atoms with Gasteiger partial charge in [0.15, 0.2) is 0 Å². The average molecular weight is 432 g/mol. The number of hydrogen-bond acceptors (Lipinski definition) is 4. The Morgan fingerprint density at radius 1 is 1.34 bits per heavy atom. The van der Waals surface area contributed by atoms with Crippen molar-refractivity contribution in [3.63, 3.8) is 0 Å². The molecule has 0 saturated carbocycles. The summed E-state index contributed by atoms with van der Waals surface area (Å²) >= 11 is 0. The Kier molecular flexibility index (Phi) is 6.91. The molecule has 11 heteroatoms. The normalized spacial score (nSPS) is 17.8. The molecule has 2 atom stereocenters. The van der Waals surface area contributed by atoms with Gasteiger partial charge in [0.25, 0.3) is 0 Å². The largest absolute Gasteiger partial charge is 0.416 e. The number of amides is 2. The molecule has 158 valence electrons. The van der Waals surface area contributed by atoms with Crippen molar-refractivity contribution in [3.05, 3.63) is 47.8 Å². The second-order valence-electron chi connectivity index (χ2n) is 6.63. The number of anilines is 1. The van der Waals surface area contributed by atoms with Crippen LogP contribution in [-0.4, -0.2) is 41.2 Å². The molecule has 1 aromatic carbocycles. The van der Waals surface area contributed by atoms with E-state index in [0.717, 1.165) is 12.1 Å². The number of halogens is 4. The van der Waals surface area contributed by atoms with Gasteiger partial charge in [0, 0.05) is 37.5 Å². The smallest absolute Gasteiger partial charge is 0.349 e. The first-order valence-corrected chi connectivity index (χ1v) is 8.63. The molecule has 0 spiro atoms. The van der Waals surface area contributed by atoms with Crippen molar-refractivity contribution in [1.29, 1.82) is 0 Å². The summed E-state index contributed by atoms with van der Waals surface area (Å²) in [6, 6.07) is 3.46. The first-order chi connectivity index (χ1) is 13.2. The van der Waals surface area contributed by atoms with E-state index in [0.29, 0.717) is 5.56 Å². The fraction of sp³-hybridized carbons (Fsp3) is 0.389. The van der Waals surface area contributed by atoms with Crippen LogP contribution in [0.25, 0.3) is 0 Å². The van der Waals surface area contributed by atoms with Crippen LogP contribution in [0.3, 0.4) is 0 Å². The van der Waals surface area contributed by atoms with Crippen LogP contribution < -0.4 is 15.5 Å². The van der Waals surface area contributed by atoms with Crippen LogP contribution in [0.1, 0.15) is 23.6 Å². The molecular weight excluding hydrogens is 411 g/mol. The molecule has 2 amide bonds. The number of carbonyl (C=O) groups is 2. The minimum Gasteiger partial charge on any atom is -0.349 e. The van der Waals surface area contributed by atoms with Crippen molar-refractivity contribution in [2.24, 2.45) is 7.05 Å². The highest BCUT2D eigenvalue weighted by atomic mass is 35.5. The second-order valence-corrected chi connectivity index (χ2v) is 6.63. The zero-order valence-electron chi connectivity index (χ0n) is 15.7. The molecule has 3 rings (SSSR count). The van der Waals surface area contributed by atoms with E-state index in [-0.39, 0.29) is 42.9 Å². The fourth-order valence-corrected chi connectivity index (χ4v) is 3.23. The minimum absolute atomic E-state index is 0. The zero-order valence-corrected chi connectivity index (χ0v) is 16.5. The molecule has 0 aliphatic carbocycles. The maximum atomic E-state index is 12.9. The number of alkyl halides is 3. The number of benzene rings is 1. The maximum Gasteiger partial charge on any atom is 0.416 e. The molecule has 0 radical (unpaired) electrons. The third-order valence-corrected chi connectivity index (χ3v) is 4.57. The van der Waals surface area contributed by atoms with Crippen molar-refractivity contribution < 1.29 is 22.8 Å². The summed E-state index contributed by atoms with van der Waals surface area (Å²) in [6.45, 7) is 0.107.